The normalized spacial score (nSPS) is 10.5. The number of imidazole rings is 1. The van der Waals surface area contributed by atoms with Crippen molar-refractivity contribution < 1.29 is 9.30 Å². The third-order valence-electron chi connectivity index (χ3n) is 1.56. The van der Waals surface area contributed by atoms with Gasteiger partial charge in [-0.3, -0.25) is 0 Å². The van der Waals surface area contributed by atoms with E-state index in [1.807, 2.05) is 19.3 Å². The van der Waals surface area contributed by atoms with Gasteiger partial charge in [-0.2, -0.15) is 0 Å². The molecule has 68 valence electrons. The predicted octanol–water partition coefficient (Wildman–Crippen LogP) is 1.16. The number of aromatic nitrogens is 2. The Labute approximate surface area is 77.1 Å². The van der Waals surface area contributed by atoms with Gasteiger partial charge in [0.05, 0.1) is 0 Å². The smallest absolute Gasteiger partial charge is 0.281 e. The Kier molecular flexibility index (Phi) is 4.18. The number of nitrogens with one attached hydrogen (secondary N) is 1. The van der Waals surface area contributed by atoms with E-state index in [2.05, 4.69) is 15.8 Å². The van der Waals surface area contributed by atoms with Crippen molar-refractivity contribution in [3.63, 3.8) is 0 Å². The van der Waals surface area contributed by atoms with E-state index in [0.29, 0.717) is 6.61 Å². The molecular weight excluding hydrogens is 172 g/mol. The molecule has 0 bridgehead atoms. The number of ether oxygens (including phenoxy) is 1. The molecular formula is C8H15N2OS+. The van der Waals surface area contributed by atoms with Gasteiger partial charge >= 0.3 is 0 Å². The molecule has 0 saturated heterocycles. The Morgan fingerprint density at radius 2 is 2.50 bits per heavy atom. The highest BCUT2D eigenvalue weighted by atomic mass is 32.2. The zero-order chi connectivity index (χ0) is 8.81. The third-order valence-corrected chi connectivity index (χ3v) is 2.10. The number of hydrogen-bond acceptors (Lipinski definition) is 2. The first-order chi connectivity index (χ1) is 5.88. The van der Waals surface area contributed by atoms with Gasteiger partial charge in [0.15, 0.2) is 0 Å². The van der Waals surface area contributed by atoms with Crippen LogP contribution in [0.4, 0.5) is 0 Å². The zero-order valence-corrected chi connectivity index (χ0v) is 8.36. The van der Waals surface area contributed by atoms with Crippen LogP contribution in [0.15, 0.2) is 12.4 Å². The molecule has 4 heteroatoms. The minimum atomic E-state index is 0.671. The first-order valence-electron chi connectivity index (χ1n) is 4.00. The molecule has 0 unspecified atom stereocenters. The van der Waals surface area contributed by atoms with Crippen molar-refractivity contribution >= 4 is 11.8 Å². The van der Waals surface area contributed by atoms with E-state index >= 15 is 0 Å². The van der Waals surface area contributed by atoms with E-state index < -0.39 is 0 Å². The number of aromatic amines is 1. The maximum absolute atomic E-state index is 5.30. The fraction of sp³-hybridized carbons (Fsp3) is 0.625. The van der Waals surface area contributed by atoms with E-state index in [4.69, 9.17) is 4.74 Å². The summed E-state index contributed by atoms with van der Waals surface area (Å²) >= 11 is 1.79. The van der Waals surface area contributed by atoms with Gasteiger partial charge in [0.2, 0.25) is 0 Å². The largest absolute Gasteiger partial charge is 0.369 e. The van der Waals surface area contributed by atoms with Crippen LogP contribution >= 0.6 is 11.8 Å². The van der Waals surface area contributed by atoms with Crippen LogP contribution < -0.4 is 4.57 Å². The molecule has 1 heterocycles. The molecule has 12 heavy (non-hydrogen) atoms. The summed E-state index contributed by atoms with van der Waals surface area (Å²) in [5.74, 6) is 2.11. The van der Waals surface area contributed by atoms with E-state index in [9.17, 15) is 0 Å². The second kappa shape index (κ2) is 5.22. The number of hydrogen-bond donors (Lipinski definition) is 1. The van der Waals surface area contributed by atoms with Crippen molar-refractivity contribution in [3.8, 4) is 0 Å². The SMILES string of the molecule is CCOCc1[nH]cc[n+]1CSC. The van der Waals surface area contributed by atoms with E-state index in [1.165, 1.54) is 0 Å². The first-order valence-corrected chi connectivity index (χ1v) is 5.40. The summed E-state index contributed by atoms with van der Waals surface area (Å²) in [7, 11) is 0. The van der Waals surface area contributed by atoms with Gasteiger partial charge < -0.3 is 4.74 Å². The van der Waals surface area contributed by atoms with Crippen molar-refractivity contribution in [1.29, 1.82) is 0 Å². The van der Waals surface area contributed by atoms with E-state index in [1.54, 1.807) is 11.8 Å². The molecule has 0 saturated carbocycles. The summed E-state index contributed by atoms with van der Waals surface area (Å²) in [4.78, 5) is 3.15. The summed E-state index contributed by atoms with van der Waals surface area (Å²) in [5.41, 5.74) is 0. The van der Waals surface area contributed by atoms with E-state index in [-0.39, 0.29) is 0 Å². The molecule has 0 spiro atoms. The molecule has 1 aromatic rings. The second-order valence-electron chi connectivity index (χ2n) is 2.43. The summed E-state index contributed by atoms with van der Waals surface area (Å²) in [6, 6.07) is 0. The summed E-state index contributed by atoms with van der Waals surface area (Å²) in [6.07, 6.45) is 6.06. The van der Waals surface area contributed by atoms with Gasteiger partial charge in [-0.05, 0) is 13.2 Å². The van der Waals surface area contributed by atoms with Crippen LogP contribution in [0.1, 0.15) is 12.7 Å². The van der Waals surface area contributed by atoms with Gasteiger partial charge in [0.1, 0.15) is 24.9 Å². The molecule has 1 N–H and O–H groups in total. The van der Waals surface area contributed by atoms with Crippen LogP contribution in [0.2, 0.25) is 0 Å². The highest BCUT2D eigenvalue weighted by molar-refractivity contribution is 7.97. The fourth-order valence-electron chi connectivity index (χ4n) is 0.980. The molecule has 0 aromatic carbocycles. The highest BCUT2D eigenvalue weighted by Gasteiger charge is 2.08. The summed E-state index contributed by atoms with van der Waals surface area (Å²) in [6.45, 7) is 3.43. The Balaban J connectivity index is 2.51. The molecule has 0 aliphatic heterocycles. The third kappa shape index (κ3) is 2.53. The molecule has 0 radical (unpaired) electrons. The van der Waals surface area contributed by atoms with Gasteiger partial charge in [0.25, 0.3) is 5.82 Å². The van der Waals surface area contributed by atoms with Crippen LogP contribution in [0.25, 0.3) is 0 Å². The maximum atomic E-state index is 5.30. The lowest BCUT2D eigenvalue weighted by Crippen LogP contribution is -2.34. The molecule has 0 fully saturated rings. The lowest BCUT2D eigenvalue weighted by Gasteiger charge is -1.98. The molecule has 3 nitrogen and oxygen atoms in total. The minimum Gasteiger partial charge on any atom is -0.369 e. The number of thioether (sulfide) groups is 1. The van der Waals surface area contributed by atoms with Crippen LogP contribution in [0.3, 0.4) is 0 Å². The fourth-order valence-corrected chi connectivity index (χ4v) is 1.50. The average Bonchev–Trinajstić information content (AvgIpc) is 2.50. The Bertz CT molecular complexity index is 225. The molecule has 1 aromatic heterocycles. The average molecular weight is 187 g/mol. The molecule has 0 aliphatic carbocycles. The number of rotatable bonds is 5. The summed E-state index contributed by atoms with van der Waals surface area (Å²) < 4.78 is 7.46. The van der Waals surface area contributed by atoms with E-state index in [0.717, 1.165) is 18.3 Å². The number of nitrogens with zero attached hydrogens (tertiary/aromatic N) is 1. The van der Waals surface area contributed by atoms with Crippen LogP contribution in [0, 0.1) is 0 Å². The number of H-pyrrole nitrogens is 1. The van der Waals surface area contributed by atoms with Gasteiger partial charge in [0, 0.05) is 6.61 Å². The highest BCUT2D eigenvalue weighted by Crippen LogP contribution is 1.95. The molecule has 0 atom stereocenters. The van der Waals surface area contributed by atoms with Crippen LogP contribution in [-0.4, -0.2) is 17.8 Å². The van der Waals surface area contributed by atoms with Crippen LogP contribution in [0.5, 0.6) is 0 Å². The van der Waals surface area contributed by atoms with Gasteiger partial charge in [-0.25, -0.2) is 9.55 Å². The van der Waals surface area contributed by atoms with Gasteiger partial charge in [-0.15, -0.1) is 11.8 Å². The monoisotopic (exact) mass is 187 g/mol. The Morgan fingerprint density at radius 3 is 3.17 bits per heavy atom. The molecule has 0 amide bonds. The first kappa shape index (κ1) is 9.61. The molecule has 1 rings (SSSR count). The van der Waals surface area contributed by atoms with Crippen molar-refractivity contribution in [2.45, 2.75) is 19.4 Å². The second-order valence-corrected chi connectivity index (χ2v) is 3.27. The molecule has 0 aliphatic rings. The van der Waals surface area contributed by atoms with Crippen molar-refractivity contribution in [3.05, 3.63) is 18.2 Å². The lowest BCUT2D eigenvalue weighted by molar-refractivity contribution is -0.684. The van der Waals surface area contributed by atoms with Crippen LogP contribution in [-0.2, 0) is 17.2 Å². The van der Waals surface area contributed by atoms with Crippen molar-refractivity contribution in [2.24, 2.45) is 0 Å². The standard InChI is InChI=1S/C8H14N2OS/c1-3-11-6-8-9-4-5-10(8)7-12-2/h4-5H,3,6-7H2,1-2H3/p+1. The quantitative estimate of drug-likeness (QED) is 0.701. The Hall–Kier alpha value is -0.480. The minimum absolute atomic E-state index is 0.671. The van der Waals surface area contributed by atoms with Gasteiger partial charge in [-0.1, -0.05) is 0 Å². The van der Waals surface area contributed by atoms with Crippen molar-refractivity contribution in [1.82, 2.24) is 4.98 Å². The predicted molar refractivity (Wildman–Crippen MR) is 49.8 cm³/mol. The summed E-state index contributed by atoms with van der Waals surface area (Å²) in [5, 5.41) is 0. The van der Waals surface area contributed by atoms with Crippen molar-refractivity contribution in [2.75, 3.05) is 12.9 Å². The Morgan fingerprint density at radius 1 is 1.67 bits per heavy atom. The topological polar surface area (TPSA) is 28.9 Å². The zero-order valence-electron chi connectivity index (χ0n) is 7.54. The maximum Gasteiger partial charge on any atom is 0.281 e. The lowest BCUT2D eigenvalue weighted by atomic mass is 10.6.